The van der Waals surface area contributed by atoms with E-state index >= 15 is 0 Å². The Morgan fingerprint density at radius 2 is 2.19 bits per heavy atom. The van der Waals surface area contributed by atoms with Gasteiger partial charge in [-0.25, -0.2) is 4.98 Å². The molecule has 0 aromatic carbocycles. The largest absolute Gasteiger partial charge is 0.488 e. The fourth-order valence-electron chi connectivity index (χ4n) is 1.21. The van der Waals surface area contributed by atoms with Gasteiger partial charge in [0.1, 0.15) is 0 Å². The molecule has 0 aliphatic carbocycles. The molecular weight excluding hydrogens is 204 g/mol. The summed E-state index contributed by atoms with van der Waals surface area (Å²) < 4.78 is 5.53. The lowest BCUT2D eigenvalue weighted by atomic mass is 10.3. The van der Waals surface area contributed by atoms with Crippen LogP contribution in [0.15, 0.2) is 6.20 Å². The van der Waals surface area contributed by atoms with Gasteiger partial charge in [0.2, 0.25) is 5.95 Å². The van der Waals surface area contributed by atoms with Crippen LogP contribution in [0.1, 0.15) is 33.1 Å². The fraction of sp³-hybridized carbons (Fsp3) is 0.636. The second-order valence-corrected chi connectivity index (χ2v) is 3.57. The second kappa shape index (κ2) is 6.87. The second-order valence-electron chi connectivity index (χ2n) is 3.57. The molecular formula is C11H20N4O. The van der Waals surface area contributed by atoms with Crippen LogP contribution < -0.4 is 15.8 Å². The normalized spacial score (nSPS) is 10.1. The van der Waals surface area contributed by atoms with E-state index in [0.717, 1.165) is 25.8 Å². The molecule has 0 amide bonds. The van der Waals surface area contributed by atoms with Crippen molar-refractivity contribution in [2.75, 3.05) is 24.2 Å². The summed E-state index contributed by atoms with van der Waals surface area (Å²) in [5, 5.41) is 3.21. The highest BCUT2D eigenvalue weighted by Crippen LogP contribution is 2.21. The molecule has 0 spiro atoms. The first-order valence-electron chi connectivity index (χ1n) is 5.77. The van der Waals surface area contributed by atoms with E-state index in [2.05, 4.69) is 29.1 Å². The average Bonchev–Trinajstić information content (AvgIpc) is 2.28. The van der Waals surface area contributed by atoms with Crippen molar-refractivity contribution in [1.82, 2.24) is 9.97 Å². The molecule has 1 heterocycles. The monoisotopic (exact) mass is 224 g/mol. The first kappa shape index (κ1) is 12.5. The summed E-state index contributed by atoms with van der Waals surface area (Å²) in [6.07, 6.45) is 4.81. The summed E-state index contributed by atoms with van der Waals surface area (Å²) in [4.78, 5) is 8.05. The number of nitrogens with zero attached hydrogens (tertiary/aromatic N) is 2. The van der Waals surface area contributed by atoms with Crippen molar-refractivity contribution in [1.29, 1.82) is 0 Å². The Morgan fingerprint density at radius 1 is 1.38 bits per heavy atom. The van der Waals surface area contributed by atoms with Crippen molar-refractivity contribution in [2.24, 2.45) is 0 Å². The number of unbranched alkanes of at least 4 members (excludes halogenated alkanes) is 1. The summed E-state index contributed by atoms with van der Waals surface area (Å²) in [6, 6.07) is 0. The number of aromatic nitrogens is 2. The van der Waals surface area contributed by atoms with E-state index in [1.807, 2.05) is 0 Å². The molecule has 0 aliphatic rings. The first-order chi connectivity index (χ1) is 7.77. The van der Waals surface area contributed by atoms with Crippen LogP contribution in [0.3, 0.4) is 0 Å². The van der Waals surface area contributed by atoms with Gasteiger partial charge in [-0.3, -0.25) is 0 Å². The molecule has 0 fully saturated rings. The number of nitrogens with one attached hydrogen (secondary N) is 1. The van der Waals surface area contributed by atoms with Crippen molar-refractivity contribution in [2.45, 2.75) is 33.1 Å². The van der Waals surface area contributed by atoms with Gasteiger partial charge in [0, 0.05) is 6.54 Å². The third-order valence-corrected chi connectivity index (χ3v) is 2.06. The molecule has 0 saturated carbocycles. The number of hydrogen-bond donors (Lipinski definition) is 2. The number of hydrogen-bond acceptors (Lipinski definition) is 5. The average molecular weight is 224 g/mol. The SMILES string of the molecule is CCCCNc1nc(N)ncc1OCCC. The van der Waals surface area contributed by atoms with Crippen molar-refractivity contribution in [3.63, 3.8) is 0 Å². The van der Waals surface area contributed by atoms with Gasteiger partial charge in [-0.2, -0.15) is 4.98 Å². The minimum absolute atomic E-state index is 0.267. The maximum absolute atomic E-state index is 5.54. The van der Waals surface area contributed by atoms with E-state index in [9.17, 15) is 0 Å². The van der Waals surface area contributed by atoms with E-state index in [-0.39, 0.29) is 5.95 Å². The Hall–Kier alpha value is -1.52. The number of ether oxygens (including phenoxy) is 1. The first-order valence-corrected chi connectivity index (χ1v) is 5.77. The zero-order chi connectivity index (χ0) is 11.8. The van der Waals surface area contributed by atoms with Crippen LogP contribution in [-0.4, -0.2) is 23.1 Å². The Labute approximate surface area is 96.4 Å². The highest BCUT2D eigenvalue weighted by atomic mass is 16.5. The van der Waals surface area contributed by atoms with E-state index in [4.69, 9.17) is 10.5 Å². The van der Waals surface area contributed by atoms with E-state index in [1.165, 1.54) is 0 Å². The molecule has 0 atom stereocenters. The van der Waals surface area contributed by atoms with Crippen molar-refractivity contribution in [3.05, 3.63) is 6.20 Å². The summed E-state index contributed by atoms with van der Waals surface area (Å²) in [6.45, 7) is 5.73. The highest BCUT2D eigenvalue weighted by molar-refractivity contribution is 5.51. The predicted octanol–water partition coefficient (Wildman–Crippen LogP) is 2.06. The Kier molecular flexibility index (Phi) is 5.39. The van der Waals surface area contributed by atoms with Crippen LogP contribution in [0.25, 0.3) is 0 Å². The van der Waals surface area contributed by atoms with E-state index < -0.39 is 0 Å². The molecule has 5 heteroatoms. The molecule has 0 unspecified atom stereocenters. The van der Waals surface area contributed by atoms with Crippen LogP contribution in [-0.2, 0) is 0 Å². The highest BCUT2D eigenvalue weighted by Gasteiger charge is 2.06. The topological polar surface area (TPSA) is 73.1 Å². The maximum Gasteiger partial charge on any atom is 0.222 e. The van der Waals surface area contributed by atoms with Crippen LogP contribution in [0.4, 0.5) is 11.8 Å². The van der Waals surface area contributed by atoms with Gasteiger partial charge >= 0.3 is 0 Å². The minimum atomic E-state index is 0.267. The van der Waals surface area contributed by atoms with Crippen molar-refractivity contribution < 1.29 is 4.74 Å². The predicted molar refractivity (Wildman–Crippen MR) is 65.6 cm³/mol. The zero-order valence-corrected chi connectivity index (χ0v) is 9.99. The standard InChI is InChI=1S/C11H20N4O/c1-3-5-6-13-10-9(16-7-4-2)8-14-11(12)15-10/h8H,3-7H2,1-2H3,(H3,12,13,14,15). The number of rotatable bonds is 7. The lowest BCUT2D eigenvalue weighted by Gasteiger charge is -2.11. The summed E-state index contributed by atoms with van der Waals surface area (Å²) in [5.74, 6) is 1.63. The van der Waals surface area contributed by atoms with Gasteiger partial charge in [-0.05, 0) is 12.8 Å². The Balaban J connectivity index is 2.65. The molecule has 0 radical (unpaired) electrons. The van der Waals surface area contributed by atoms with Crippen LogP contribution in [0.5, 0.6) is 5.75 Å². The van der Waals surface area contributed by atoms with E-state index in [1.54, 1.807) is 6.20 Å². The van der Waals surface area contributed by atoms with Crippen LogP contribution >= 0.6 is 0 Å². The molecule has 0 aliphatic heterocycles. The molecule has 1 rings (SSSR count). The van der Waals surface area contributed by atoms with Crippen molar-refractivity contribution in [3.8, 4) is 5.75 Å². The van der Waals surface area contributed by atoms with E-state index in [0.29, 0.717) is 18.2 Å². The molecule has 3 N–H and O–H groups in total. The number of anilines is 2. The summed E-state index contributed by atoms with van der Waals surface area (Å²) in [7, 11) is 0. The number of nitrogens with two attached hydrogens (primary N) is 1. The molecule has 1 aromatic rings. The zero-order valence-electron chi connectivity index (χ0n) is 9.99. The van der Waals surface area contributed by atoms with Gasteiger partial charge in [0.05, 0.1) is 12.8 Å². The van der Waals surface area contributed by atoms with Gasteiger partial charge in [0.15, 0.2) is 11.6 Å². The van der Waals surface area contributed by atoms with Gasteiger partial charge in [-0.1, -0.05) is 20.3 Å². The lowest BCUT2D eigenvalue weighted by Crippen LogP contribution is -2.08. The van der Waals surface area contributed by atoms with Crippen molar-refractivity contribution >= 4 is 11.8 Å². The maximum atomic E-state index is 5.54. The van der Waals surface area contributed by atoms with Crippen LogP contribution in [0.2, 0.25) is 0 Å². The molecule has 5 nitrogen and oxygen atoms in total. The third kappa shape index (κ3) is 3.92. The molecule has 16 heavy (non-hydrogen) atoms. The molecule has 1 aromatic heterocycles. The molecule has 0 saturated heterocycles. The Morgan fingerprint density at radius 3 is 2.88 bits per heavy atom. The smallest absolute Gasteiger partial charge is 0.222 e. The third-order valence-electron chi connectivity index (χ3n) is 2.06. The Bertz CT molecular complexity index is 317. The molecule has 0 bridgehead atoms. The summed E-state index contributed by atoms with van der Waals surface area (Å²) in [5.41, 5.74) is 5.54. The summed E-state index contributed by atoms with van der Waals surface area (Å²) >= 11 is 0. The lowest BCUT2D eigenvalue weighted by molar-refractivity contribution is 0.316. The fourth-order valence-corrected chi connectivity index (χ4v) is 1.21. The minimum Gasteiger partial charge on any atom is -0.488 e. The van der Waals surface area contributed by atoms with Gasteiger partial charge in [-0.15, -0.1) is 0 Å². The molecule has 90 valence electrons. The van der Waals surface area contributed by atoms with Gasteiger partial charge < -0.3 is 15.8 Å². The van der Waals surface area contributed by atoms with Gasteiger partial charge in [0.25, 0.3) is 0 Å². The number of nitrogen functional groups attached to an aromatic ring is 1. The van der Waals surface area contributed by atoms with Crippen LogP contribution in [0, 0.1) is 0 Å². The quantitative estimate of drug-likeness (QED) is 0.693.